The molecule has 1 aliphatic carbocycles. The molecule has 0 spiro atoms. The summed E-state index contributed by atoms with van der Waals surface area (Å²) >= 11 is 0. The van der Waals surface area contributed by atoms with Crippen LogP contribution < -0.4 is 23.7 Å². The zero-order chi connectivity index (χ0) is 35.9. The first kappa shape index (κ1) is 37.4. The molecule has 0 radical (unpaired) electrons. The van der Waals surface area contributed by atoms with Gasteiger partial charge in [0.1, 0.15) is 0 Å². The van der Waals surface area contributed by atoms with Crippen molar-refractivity contribution >= 4 is 35.7 Å². The maximum absolute atomic E-state index is 13.2. The fraction of sp³-hybridized carbons (Fsp3) is 0.405. The summed E-state index contributed by atoms with van der Waals surface area (Å²) in [6.45, 7) is 8.93. The highest BCUT2D eigenvalue weighted by Gasteiger charge is 2.38. The van der Waals surface area contributed by atoms with Gasteiger partial charge in [0.05, 0.1) is 28.4 Å². The maximum atomic E-state index is 13.2. The maximum Gasteiger partial charge on any atom is 0.415 e. The van der Waals surface area contributed by atoms with Crippen LogP contribution >= 0.6 is 0 Å². The van der Waals surface area contributed by atoms with E-state index in [1.54, 1.807) is 88.2 Å². The van der Waals surface area contributed by atoms with Gasteiger partial charge in [-0.05, 0) is 56.2 Å². The molecule has 258 valence electrons. The SMILES string of the molecule is COc1cc(/C=C\c2cc(OC)c(OC)c(OC)c2)ccc1OC(=O)N(C)CCN(C)C(=O)CC(C)(C)C1=C(C)C(=O)C(C)=C(C)C1=O. The van der Waals surface area contributed by atoms with E-state index in [0.717, 1.165) is 11.1 Å². The Balaban J connectivity index is 1.62. The second kappa shape index (κ2) is 15.7. The standard InChI is InChI=1S/C37H46N2O9/c1-22-23(2)34(42)32(24(3)33(22)41)37(4,5)21-31(40)38(6)16-17-39(7)36(43)48-27-15-14-25(18-28(27)44-8)12-13-26-19-29(45-9)35(47-11)30(20-26)46-10/h12-15,18-20H,16-17,21H2,1-11H3/b13-12-. The Hall–Kier alpha value is -5.06. The lowest BCUT2D eigenvalue weighted by molar-refractivity contribution is -0.132. The Morgan fingerprint density at radius 3 is 1.77 bits per heavy atom. The molecule has 11 nitrogen and oxygen atoms in total. The van der Waals surface area contributed by atoms with Gasteiger partial charge in [-0.2, -0.15) is 0 Å². The largest absolute Gasteiger partial charge is 0.493 e. The Morgan fingerprint density at radius 1 is 0.688 bits per heavy atom. The van der Waals surface area contributed by atoms with Gasteiger partial charge in [0.25, 0.3) is 0 Å². The summed E-state index contributed by atoms with van der Waals surface area (Å²) in [5, 5.41) is 0. The van der Waals surface area contributed by atoms with Crippen molar-refractivity contribution in [2.45, 2.75) is 41.0 Å². The highest BCUT2D eigenvalue weighted by molar-refractivity contribution is 6.25. The van der Waals surface area contributed by atoms with Crippen LogP contribution in [0.1, 0.15) is 52.2 Å². The molecule has 2 aromatic carbocycles. The van der Waals surface area contributed by atoms with Crippen molar-refractivity contribution in [3.8, 4) is 28.7 Å². The van der Waals surface area contributed by atoms with Gasteiger partial charge >= 0.3 is 6.09 Å². The number of carbonyl (C=O) groups excluding carboxylic acids is 4. The van der Waals surface area contributed by atoms with Crippen LogP contribution in [0.2, 0.25) is 0 Å². The van der Waals surface area contributed by atoms with Crippen LogP contribution in [0.3, 0.4) is 0 Å². The first-order valence-corrected chi connectivity index (χ1v) is 15.4. The highest BCUT2D eigenvalue weighted by Crippen LogP contribution is 2.40. The van der Waals surface area contributed by atoms with Crippen molar-refractivity contribution in [3.63, 3.8) is 0 Å². The average Bonchev–Trinajstić information content (AvgIpc) is 3.06. The number of ketones is 2. The summed E-state index contributed by atoms with van der Waals surface area (Å²) in [4.78, 5) is 54.8. The molecule has 0 fully saturated rings. The fourth-order valence-electron chi connectivity index (χ4n) is 5.46. The predicted molar refractivity (Wildman–Crippen MR) is 184 cm³/mol. The third-order valence-corrected chi connectivity index (χ3v) is 8.50. The molecule has 0 bridgehead atoms. The summed E-state index contributed by atoms with van der Waals surface area (Å²) in [5.74, 6) is 1.56. The quantitative estimate of drug-likeness (QED) is 0.188. The molecule has 0 N–H and O–H groups in total. The smallest absolute Gasteiger partial charge is 0.415 e. The van der Waals surface area contributed by atoms with Crippen LogP contribution in [0.4, 0.5) is 4.79 Å². The number of rotatable bonds is 13. The molecule has 0 unspecified atom stereocenters. The number of benzene rings is 2. The lowest BCUT2D eigenvalue weighted by Gasteiger charge is -2.33. The fourth-order valence-corrected chi connectivity index (χ4v) is 5.46. The van der Waals surface area contributed by atoms with E-state index in [0.29, 0.717) is 45.3 Å². The van der Waals surface area contributed by atoms with Gasteiger partial charge in [-0.3, -0.25) is 14.4 Å². The molecule has 2 amide bonds. The van der Waals surface area contributed by atoms with Crippen LogP contribution in [0.15, 0.2) is 52.6 Å². The lowest BCUT2D eigenvalue weighted by atomic mass is 9.71. The molecule has 0 atom stereocenters. The van der Waals surface area contributed by atoms with Crippen molar-refractivity contribution in [3.05, 3.63) is 63.8 Å². The van der Waals surface area contributed by atoms with Gasteiger partial charge in [-0.15, -0.1) is 0 Å². The van der Waals surface area contributed by atoms with Crippen molar-refractivity contribution in [1.29, 1.82) is 0 Å². The molecular formula is C37H46N2O9. The Bertz CT molecular complexity index is 1660. The number of Topliss-reactive ketones (excluding diaryl/α,β-unsaturated/α-hetero) is 2. The van der Waals surface area contributed by atoms with Crippen molar-refractivity contribution < 1.29 is 42.9 Å². The summed E-state index contributed by atoms with van der Waals surface area (Å²) in [6, 6.07) is 8.82. The normalized spacial score (nSPS) is 13.6. The van der Waals surface area contributed by atoms with E-state index < -0.39 is 11.5 Å². The number of likely N-dealkylation sites (N-methyl/N-ethyl adjacent to an activating group) is 2. The van der Waals surface area contributed by atoms with E-state index in [1.807, 2.05) is 24.3 Å². The van der Waals surface area contributed by atoms with E-state index >= 15 is 0 Å². The van der Waals surface area contributed by atoms with E-state index in [4.69, 9.17) is 23.7 Å². The van der Waals surface area contributed by atoms with Crippen molar-refractivity contribution in [2.24, 2.45) is 5.41 Å². The number of carbonyl (C=O) groups is 4. The number of hydrogen-bond donors (Lipinski definition) is 0. The molecule has 0 aromatic heterocycles. The number of methoxy groups -OCH3 is 4. The zero-order valence-electron chi connectivity index (χ0n) is 29.7. The third kappa shape index (κ3) is 8.26. The average molecular weight is 663 g/mol. The summed E-state index contributed by atoms with van der Waals surface area (Å²) in [5.41, 5.74) is 2.35. The van der Waals surface area contributed by atoms with Crippen molar-refractivity contribution in [1.82, 2.24) is 9.80 Å². The summed E-state index contributed by atoms with van der Waals surface area (Å²) in [7, 11) is 9.34. The molecule has 0 saturated heterocycles. The minimum absolute atomic E-state index is 0.0211. The van der Waals surface area contributed by atoms with E-state index in [2.05, 4.69) is 0 Å². The van der Waals surface area contributed by atoms with Crippen LogP contribution in [-0.2, 0) is 14.4 Å². The minimum atomic E-state index is -0.860. The Kier molecular flexibility index (Phi) is 12.2. The number of allylic oxidation sites excluding steroid dienone is 4. The summed E-state index contributed by atoms with van der Waals surface area (Å²) in [6.07, 6.45) is 3.14. The molecule has 0 aliphatic heterocycles. The van der Waals surface area contributed by atoms with Gasteiger partial charge in [0.2, 0.25) is 11.7 Å². The number of hydrogen-bond acceptors (Lipinski definition) is 9. The Labute approximate surface area is 282 Å². The lowest BCUT2D eigenvalue weighted by Crippen LogP contribution is -2.40. The van der Waals surface area contributed by atoms with Crippen LogP contribution in [0, 0.1) is 5.41 Å². The Morgan fingerprint density at radius 2 is 1.21 bits per heavy atom. The van der Waals surface area contributed by atoms with Crippen molar-refractivity contribution in [2.75, 3.05) is 55.6 Å². The van der Waals surface area contributed by atoms with Crippen LogP contribution in [-0.4, -0.2) is 89.0 Å². The molecule has 3 rings (SSSR count). The molecule has 1 aliphatic rings. The monoisotopic (exact) mass is 662 g/mol. The third-order valence-electron chi connectivity index (χ3n) is 8.50. The number of amides is 2. The minimum Gasteiger partial charge on any atom is -0.493 e. The molecule has 48 heavy (non-hydrogen) atoms. The molecule has 0 saturated carbocycles. The van der Waals surface area contributed by atoms with Gasteiger partial charge in [-0.1, -0.05) is 32.1 Å². The number of nitrogens with zero attached hydrogens (tertiary/aromatic N) is 2. The number of ether oxygens (including phenoxy) is 5. The van der Waals surface area contributed by atoms with Gasteiger partial charge in [-0.25, -0.2) is 4.79 Å². The second-order valence-electron chi connectivity index (χ2n) is 12.3. The zero-order valence-corrected chi connectivity index (χ0v) is 29.7. The molecule has 0 heterocycles. The molecule has 11 heteroatoms. The second-order valence-corrected chi connectivity index (χ2v) is 12.3. The molecular weight excluding hydrogens is 616 g/mol. The summed E-state index contributed by atoms with van der Waals surface area (Å²) < 4.78 is 27.3. The van der Waals surface area contributed by atoms with E-state index in [1.165, 1.54) is 16.9 Å². The van der Waals surface area contributed by atoms with Gasteiger partial charge in [0, 0.05) is 61.3 Å². The first-order valence-electron chi connectivity index (χ1n) is 15.4. The predicted octanol–water partition coefficient (Wildman–Crippen LogP) is 6.00. The van der Waals surface area contributed by atoms with E-state index in [9.17, 15) is 19.2 Å². The van der Waals surface area contributed by atoms with Gasteiger partial charge < -0.3 is 33.5 Å². The highest BCUT2D eigenvalue weighted by atomic mass is 16.6. The van der Waals surface area contributed by atoms with Gasteiger partial charge in [0.15, 0.2) is 34.6 Å². The first-order chi connectivity index (χ1) is 22.6. The molecule has 2 aromatic rings. The van der Waals surface area contributed by atoms with Crippen LogP contribution in [0.25, 0.3) is 12.2 Å². The topological polar surface area (TPSA) is 121 Å². The van der Waals surface area contributed by atoms with E-state index in [-0.39, 0.29) is 42.7 Å². The van der Waals surface area contributed by atoms with Crippen LogP contribution in [0.5, 0.6) is 28.7 Å².